The predicted octanol–water partition coefficient (Wildman–Crippen LogP) is 1.92. The molecule has 27 heavy (non-hydrogen) atoms. The van der Waals surface area contributed by atoms with Crippen molar-refractivity contribution in [2.45, 2.75) is 19.0 Å². The summed E-state index contributed by atoms with van der Waals surface area (Å²) in [5.74, 6) is 0.546. The zero-order valence-electron chi connectivity index (χ0n) is 15.1. The van der Waals surface area contributed by atoms with Gasteiger partial charge >= 0.3 is 0 Å². The van der Waals surface area contributed by atoms with E-state index in [1.54, 1.807) is 12.4 Å². The number of carbonyl (C=O) groups excluding carboxylic acids is 1. The summed E-state index contributed by atoms with van der Waals surface area (Å²) in [6.45, 7) is 4.11. The summed E-state index contributed by atoms with van der Waals surface area (Å²) in [7, 11) is 1.51. The summed E-state index contributed by atoms with van der Waals surface area (Å²) >= 11 is 1.28. The van der Waals surface area contributed by atoms with Crippen molar-refractivity contribution >= 4 is 23.6 Å². The quantitative estimate of drug-likeness (QED) is 0.469. The number of rotatable bonds is 7. The van der Waals surface area contributed by atoms with E-state index in [-0.39, 0.29) is 17.6 Å². The highest BCUT2D eigenvalue weighted by Crippen LogP contribution is 2.21. The van der Waals surface area contributed by atoms with Gasteiger partial charge in [-0.15, -0.1) is 10.2 Å². The fourth-order valence-electron chi connectivity index (χ4n) is 2.18. The number of benzene rings is 1. The van der Waals surface area contributed by atoms with Crippen LogP contribution in [0, 0.1) is 13.8 Å². The molecule has 0 saturated carbocycles. The maximum Gasteiger partial charge on any atom is 0.248 e. The fraction of sp³-hybridized carbons (Fsp3) is 0.235. The third-order valence-corrected chi connectivity index (χ3v) is 4.71. The Hall–Kier alpha value is -3.14. The molecule has 140 valence electrons. The van der Waals surface area contributed by atoms with E-state index in [1.165, 1.54) is 36.2 Å². The number of anilines is 1. The van der Waals surface area contributed by atoms with Crippen molar-refractivity contribution in [3.8, 4) is 11.6 Å². The molecule has 1 amide bonds. The van der Waals surface area contributed by atoms with Crippen molar-refractivity contribution in [3.63, 3.8) is 0 Å². The molecule has 0 bridgehead atoms. The Labute approximate surface area is 160 Å². The molecule has 0 saturated heterocycles. The van der Waals surface area contributed by atoms with Gasteiger partial charge in [-0.1, -0.05) is 17.8 Å². The van der Waals surface area contributed by atoms with E-state index in [0.717, 1.165) is 5.69 Å². The molecule has 2 heterocycles. The van der Waals surface area contributed by atoms with E-state index in [0.29, 0.717) is 11.0 Å². The van der Waals surface area contributed by atoms with Gasteiger partial charge in [0.1, 0.15) is 6.33 Å². The lowest BCUT2D eigenvalue weighted by atomic mass is 10.1. The molecule has 1 aromatic carbocycles. The first-order valence-electron chi connectivity index (χ1n) is 8.09. The van der Waals surface area contributed by atoms with Crippen LogP contribution in [0.25, 0.3) is 5.69 Å². The number of amides is 1. The SMILES string of the molecule is COc1ccnc(NNC(=O)CSc2nncn2-c2ccc(C)c(C)c2)n1. The zero-order chi connectivity index (χ0) is 19.2. The number of methoxy groups -OCH3 is 1. The van der Waals surface area contributed by atoms with Crippen LogP contribution in [0.5, 0.6) is 5.88 Å². The number of aryl methyl sites for hydroxylation is 2. The molecule has 0 atom stereocenters. The van der Waals surface area contributed by atoms with E-state index >= 15 is 0 Å². The third kappa shape index (κ3) is 4.73. The number of thioether (sulfide) groups is 1. The number of hydrogen-bond acceptors (Lipinski definition) is 8. The summed E-state index contributed by atoms with van der Waals surface area (Å²) in [5.41, 5.74) is 8.54. The first-order valence-corrected chi connectivity index (χ1v) is 9.07. The number of aromatic nitrogens is 5. The molecule has 3 aromatic rings. The molecule has 0 aliphatic carbocycles. The number of nitrogens with zero attached hydrogens (tertiary/aromatic N) is 5. The lowest BCUT2D eigenvalue weighted by Gasteiger charge is -2.09. The lowest BCUT2D eigenvalue weighted by Crippen LogP contribution is -2.31. The molecule has 0 aliphatic heterocycles. The molecule has 0 aliphatic rings. The van der Waals surface area contributed by atoms with Crippen LogP contribution >= 0.6 is 11.8 Å². The predicted molar refractivity (Wildman–Crippen MR) is 102 cm³/mol. The van der Waals surface area contributed by atoms with Gasteiger partial charge in [0.25, 0.3) is 0 Å². The van der Waals surface area contributed by atoms with Gasteiger partial charge in [0, 0.05) is 18.0 Å². The monoisotopic (exact) mass is 385 g/mol. The van der Waals surface area contributed by atoms with Gasteiger partial charge in [-0.05, 0) is 37.1 Å². The highest BCUT2D eigenvalue weighted by Gasteiger charge is 2.11. The Bertz CT molecular complexity index is 945. The van der Waals surface area contributed by atoms with Gasteiger partial charge in [0.05, 0.1) is 12.9 Å². The number of hydrazine groups is 1. The molecule has 0 spiro atoms. The smallest absolute Gasteiger partial charge is 0.248 e. The number of nitrogens with one attached hydrogen (secondary N) is 2. The fourth-order valence-corrected chi connectivity index (χ4v) is 2.91. The Morgan fingerprint density at radius 1 is 1.26 bits per heavy atom. The number of ether oxygens (including phenoxy) is 1. The largest absolute Gasteiger partial charge is 0.481 e. The summed E-state index contributed by atoms with van der Waals surface area (Å²) in [6, 6.07) is 7.72. The summed E-state index contributed by atoms with van der Waals surface area (Å²) in [5, 5.41) is 8.67. The Morgan fingerprint density at radius 2 is 2.11 bits per heavy atom. The van der Waals surface area contributed by atoms with Crippen LogP contribution in [0.2, 0.25) is 0 Å². The van der Waals surface area contributed by atoms with Crippen LogP contribution in [0.4, 0.5) is 5.95 Å². The minimum atomic E-state index is -0.249. The van der Waals surface area contributed by atoms with E-state index in [1.807, 2.05) is 16.7 Å². The van der Waals surface area contributed by atoms with Gasteiger partial charge < -0.3 is 4.74 Å². The average Bonchev–Trinajstić information content (AvgIpc) is 3.15. The van der Waals surface area contributed by atoms with Crippen molar-refractivity contribution in [2.75, 3.05) is 18.3 Å². The molecule has 10 heteroatoms. The molecule has 9 nitrogen and oxygen atoms in total. The van der Waals surface area contributed by atoms with Crippen molar-refractivity contribution in [3.05, 3.63) is 47.9 Å². The summed E-state index contributed by atoms with van der Waals surface area (Å²) in [4.78, 5) is 20.1. The third-order valence-electron chi connectivity index (χ3n) is 3.77. The van der Waals surface area contributed by atoms with Gasteiger partial charge in [-0.2, -0.15) is 4.98 Å². The van der Waals surface area contributed by atoms with Crippen LogP contribution < -0.4 is 15.6 Å². The molecule has 2 N–H and O–H groups in total. The van der Waals surface area contributed by atoms with E-state index in [4.69, 9.17) is 4.74 Å². The van der Waals surface area contributed by atoms with Crippen molar-refractivity contribution in [2.24, 2.45) is 0 Å². The Balaban J connectivity index is 1.58. The van der Waals surface area contributed by atoms with Gasteiger partial charge in [0.15, 0.2) is 5.16 Å². The van der Waals surface area contributed by atoms with Gasteiger partial charge in [0.2, 0.25) is 17.7 Å². The second-order valence-electron chi connectivity index (χ2n) is 5.64. The second kappa shape index (κ2) is 8.49. The molecule has 2 aromatic heterocycles. The second-order valence-corrected chi connectivity index (χ2v) is 6.58. The van der Waals surface area contributed by atoms with Crippen LogP contribution in [-0.4, -0.2) is 43.5 Å². The average molecular weight is 385 g/mol. The summed E-state index contributed by atoms with van der Waals surface area (Å²) < 4.78 is 6.85. The first kappa shape index (κ1) is 18.6. The topological polar surface area (TPSA) is 107 Å². The van der Waals surface area contributed by atoms with Crippen LogP contribution in [0.15, 0.2) is 41.9 Å². The number of hydrogen-bond donors (Lipinski definition) is 2. The molecular formula is C17H19N7O2S. The highest BCUT2D eigenvalue weighted by molar-refractivity contribution is 7.99. The number of carbonyl (C=O) groups is 1. The Morgan fingerprint density at radius 3 is 2.89 bits per heavy atom. The standard InChI is InChI=1S/C17H19N7O2S/c1-11-4-5-13(8-12(11)2)24-10-19-23-17(24)27-9-14(25)21-22-16-18-7-6-15(20-16)26-3/h4-8,10H,9H2,1-3H3,(H,21,25)(H,18,20,22). The lowest BCUT2D eigenvalue weighted by molar-refractivity contribution is -0.118. The maximum absolute atomic E-state index is 12.1. The summed E-state index contributed by atoms with van der Waals surface area (Å²) in [6.07, 6.45) is 3.16. The van der Waals surface area contributed by atoms with Crippen LogP contribution in [0.1, 0.15) is 11.1 Å². The maximum atomic E-state index is 12.1. The normalized spacial score (nSPS) is 10.5. The molecule has 0 radical (unpaired) electrons. The van der Waals surface area contributed by atoms with Gasteiger partial charge in [-0.3, -0.25) is 20.2 Å². The first-order chi connectivity index (χ1) is 13.1. The van der Waals surface area contributed by atoms with Crippen molar-refractivity contribution in [1.29, 1.82) is 0 Å². The minimum absolute atomic E-state index is 0.153. The van der Waals surface area contributed by atoms with Gasteiger partial charge in [-0.25, -0.2) is 4.98 Å². The Kier molecular flexibility index (Phi) is 5.87. The van der Waals surface area contributed by atoms with Crippen molar-refractivity contribution < 1.29 is 9.53 Å². The van der Waals surface area contributed by atoms with E-state index in [9.17, 15) is 4.79 Å². The van der Waals surface area contributed by atoms with Crippen LogP contribution in [-0.2, 0) is 4.79 Å². The molecular weight excluding hydrogens is 366 g/mol. The van der Waals surface area contributed by atoms with E-state index < -0.39 is 0 Å². The van der Waals surface area contributed by atoms with E-state index in [2.05, 4.69) is 50.9 Å². The highest BCUT2D eigenvalue weighted by atomic mass is 32.2. The molecule has 3 rings (SSSR count). The van der Waals surface area contributed by atoms with Crippen molar-refractivity contribution in [1.82, 2.24) is 30.2 Å². The minimum Gasteiger partial charge on any atom is -0.481 e. The van der Waals surface area contributed by atoms with Crippen LogP contribution in [0.3, 0.4) is 0 Å². The molecule has 0 fully saturated rings. The zero-order valence-corrected chi connectivity index (χ0v) is 15.9. The molecule has 0 unspecified atom stereocenters.